The van der Waals surface area contributed by atoms with Crippen LogP contribution in [0.2, 0.25) is 0 Å². The van der Waals surface area contributed by atoms with Crippen molar-refractivity contribution in [2.45, 2.75) is 32.6 Å². The van der Waals surface area contributed by atoms with Crippen molar-refractivity contribution in [1.29, 1.82) is 0 Å². The SMILES string of the molecule is CC1CCC(C(=O)Nc2ccncc2)CC1. The van der Waals surface area contributed by atoms with E-state index in [4.69, 9.17) is 0 Å². The van der Waals surface area contributed by atoms with Crippen molar-refractivity contribution in [2.75, 3.05) is 5.32 Å². The quantitative estimate of drug-likeness (QED) is 0.829. The van der Waals surface area contributed by atoms with Crippen LogP contribution < -0.4 is 5.32 Å². The molecule has 1 saturated carbocycles. The van der Waals surface area contributed by atoms with E-state index in [-0.39, 0.29) is 11.8 Å². The number of rotatable bonds is 2. The number of hydrogen-bond acceptors (Lipinski definition) is 2. The summed E-state index contributed by atoms with van der Waals surface area (Å²) in [6, 6.07) is 3.65. The maximum Gasteiger partial charge on any atom is 0.227 e. The maximum atomic E-state index is 11.9. The minimum atomic E-state index is 0.165. The first-order valence-corrected chi connectivity index (χ1v) is 5.96. The molecular formula is C13H18N2O. The highest BCUT2D eigenvalue weighted by atomic mass is 16.1. The Kier molecular flexibility index (Phi) is 3.54. The molecule has 86 valence electrons. The second-order valence-corrected chi connectivity index (χ2v) is 4.68. The average Bonchev–Trinajstić information content (AvgIpc) is 2.31. The third-order valence-electron chi connectivity index (χ3n) is 3.33. The molecular weight excluding hydrogens is 200 g/mol. The molecule has 1 amide bonds. The molecule has 0 radical (unpaired) electrons. The van der Waals surface area contributed by atoms with E-state index in [1.54, 1.807) is 12.4 Å². The zero-order chi connectivity index (χ0) is 11.4. The van der Waals surface area contributed by atoms with Gasteiger partial charge in [0, 0.05) is 24.0 Å². The monoisotopic (exact) mass is 218 g/mol. The van der Waals surface area contributed by atoms with Gasteiger partial charge in [-0.05, 0) is 43.7 Å². The van der Waals surface area contributed by atoms with E-state index in [1.807, 2.05) is 12.1 Å². The predicted molar refractivity (Wildman–Crippen MR) is 64.0 cm³/mol. The Bertz CT molecular complexity index is 342. The van der Waals surface area contributed by atoms with Gasteiger partial charge in [-0.25, -0.2) is 0 Å². The summed E-state index contributed by atoms with van der Waals surface area (Å²) in [5, 5.41) is 2.95. The van der Waals surface area contributed by atoms with E-state index in [1.165, 1.54) is 12.8 Å². The van der Waals surface area contributed by atoms with Crippen molar-refractivity contribution in [1.82, 2.24) is 4.98 Å². The number of anilines is 1. The standard InChI is InChI=1S/C13H18N2O/c1-10-2-4-11(5-3-10)13(16)15-12-6-8-14-9-7-12/h6-11H,2-5H2,1H3,(H,14,15,16). The maximum absolute atomic E-state index is 11.9. The van der Waals surface area contributed by atoms with Gasteiger partial charge in [-0.3, -0.25) is 9.78 Å². The molecule has 0 bridgehead atoms. The third-order valence-corrected chi connectivity index (χ3v) is 3.33. The van der Waals surface area contributed by atoms with Gasteiger partial charge in [0.2, 0.25) is 5.91 Å². The summed E-state index contributed by atoms with van der Waals surface area (Å²) in [7, 11) is 0. The molecule has 0 aliphatic heterocycles. The highest BCUT2D eigenvalue weighted by molar-refractivity contribution is 5.92. The van der Waals surface area contributed by atoms with Gasteiger partial charge in [0.05, 0.1) is 0 Å². The normalized spacial score (nSPS) is 25.1. The summed E-state index contributed by atoms with van der Waals surface area (Å²) in [6.07, 6.45) is 7.79. The van der Waals surface area contributed by atoms with Gasteiger partial charge in [-0.2, -0.15) is 0 Å². The van der Waals surface area contributed by atoms with Gasteiger partial charge in [-0.1, -0.05) is 6.92 Å². The Hall–Kier alpha value is -1.38. The molecule has 0 saturated heterocycles. The minimum absolute atomic E-state index is 0.165. The average molecular weight is 218 g/mol. The summed E-state index contributed by atoms with van der Waals surface area (Å²) in [4.78, 5) is 15.9. The summed E-state index contributed by atoms with van der Waals surface area (Å²) < 4.78 is 0. The van der Waals surface area contributed by atoms with Crippen molar-refractivity contribution < 1.29 is 4.79 Å². The Morgan fingerprint density at radius 3 is 2.50 bits per heavy atom. The number of pyridine rings is 1. The van der Waals surface area contributed by atoms with Crippen LogP contribution in [0.4, 0.5) is 5.69 Å². The number of aromatic nitrogens is 1. The largest absolute Gasteiger partial charge is 0.326 e. The van der Waals surface area contributed by atoms with Gasteiger partial charge < -0.3 is 5.32 Å². The fraction of sp³-hybridized carbons (Fsp3) is 0.538. The predicted octanol–water partition coefficient (Wildman–Crippen LogP) is 2.85. The van der Waals surface area contributed by atoms with E-state index < -0.39 is 0 Å². The van der Waals surface area contributed by atoms with Crippen LogP contribution in [0.15, 0.2) is 24.5 Å². The van der Waals surface area contributed by atoms with Crippen LogP contribution in [0.5, 0.6) is 0 Å². The Labute approximate surface area is 96.3 Å². The van der Waals surface area contributed by atoms with Crippen LogP contribution in [-0.4, -0.2) is 10.9 Å². The zero-order valence-electron chi connectivity index (χ0n) is 9.65. The molecule has 0 unspecified atom stereocenters. The lowest BCUT2D eigenvalue weighted by Gasteiger charge is -2.25. The van der Waals surface area contributed by atoms with E-state index in [0.29, 0.717) is 0 Å². The molecule has 1 aliphatic rings. The Balaban J connectivity index is 1.89. The number of amides is 1. The lowest BCUT2D eigenvalue weighted by Crippen LogP contribution is -2.26. The van der Waals surface area contributed by atoms with E-state index in [0.717, 1.165) is 24.4 Å². The van der Waals surface area contributed by atoms with Crippen molar-refractivity contribution in [2.24, 2.45) is 11.8 Å². The fourth-order valence-corrected chi connectivity index (χ4v) is 2.20. The molecule has 1 fully saturated rings. The lowest BCUT2D eigenvalue weighted by atomic mass is 9.82. The molecule has 0 aromatic carbocycles. The molecule has 1 N–H and O–H groups in total. The van der Waals surface area contributed by atoms with Crippen molar-refractivity contribution in [3.63, 3.8) is 0 Å². The minimum Gasteiger partial charge on any atom is -0.326 e. The molecule has 2 rings (SSSR count). The highest BCUT2D eigenvalue weighted by Crippen LogP contribution is 2.28. The van der Waals surface area contributed by atoms with Crippen LogP contribution >= 0.6 is 0 Å². The molecule has 1 aromatic rings. The van der Waals surface area contributed by atoms with Gasteiger partial charge in [0.25, 0.3) is 0 Å². The number of hydrogen-bond donors (Lipinski definition) is 1. The molecule has 3 heteroatoms. The smallest absolute Gasteiger partial charge is 0.227 e. The number of carbonyl (C=O) groups is 1. The molecule has 1 aromatic heterocycles. The van der Waals surface area contributed by atoms with E-state index in [9.17, 15) is 4.79 Å². The van der Waals surface area contributed by atoms with Crippen LogP contribution in [0.3, 0.4) is 0 Å². The Morgan fingerprint density at radius 2 is 1.88 bits per heavy atom. The summed E-state index contributed by atoms with van der Waals surface area (Å²) in [6.45, 7) is 2.26. The number of carbonyl (C=O) groups excluding carboxylic acids is 1. The summed E-state index contributed by atoms with van der Waals surface area (Å²) in [5.74, 6) is 1.15. The lowest BCUT2D eigenvalue weighted by molar-refractivity contribution is -0.121. The first-order chi connectivity index (χ1) is 7.75. The third kappa shape index (κ3) is 2.81. The number of nitrogens with zero attached hydrogens (tertiary/aromatic N) is 1. The molecule has 1 aliphatic carbocycles. The fourth-order valence-electron chi connectivity index (χ4n) is 2.20. The molecule has 1 heterocycles. The topological polar surface area (TPSA) is 42.0 Å². The van der Waals surface area contributed by atoms with Crippen molar-refractivity contribution in [3.8, 4) is 0 Å². The van der Waals surface area contributed by atoms with Crippen LogP contribution in [0.1, 0.15) is 32.6 Å². The van der Waals surface area contributed by atoms with E-state index >= 15 is 0 Å². The second kappa shape index (κ2) is 5.10. The van der Waals surface area contributed by atoms with Crippen molar-refractivity contribution >= 4 is 11.6 Å². The van der Waals surface area contributed by atoms with Crippen molar-refractivity contribution in [3.05, 3.63) is 24.5 Å². The van der Waals surface area contributed by atoms with Crippen LogP contribution in [-0.2, 0) is 4.79 Å². The molecule has 3 nitrogen and oxygen atoms in total. The van der Waals surface area contributed by atoms with Gasteiger partial charge in [-0.15, -0.1) is 0 Å². The highest BCUT2D eigenvalue weighted by Gasteiger charge is 2.24. The van der Waals surface area contributed by atoms with Gasteiger partial charge in [0.15, 0.2) is 0 Å². The van der Waals surface area contributed by atoms with Crippen LogP contribution in [0, 0.1) is 11.8 Å². The second-order valence-electron chi connectivity index (χ2n) is 4.68. The van der Waals surface area contributed by atoms with Crippen LogP contribution in [0.25, 0.3) is 0 Å². The number of nitrogens with one attached hydrogen (secondary N) is 1. The first-order valence-electron chi connectivity index (χ1n) is 5.96. The Morgan fingerprint density at radius 1 is 1.25 bits per heavy atom. The molecule has 0 spiro atoms. The molecule has 16 heavy (non-hydrogen) atoms. The zero-order valence-corrected chi connectivity index (χ0v) is 9.65. The van der Waals surface area contributed by atoms with E-state index in [2.05, 4.69) is 17.2 Å². The summed E-state index contributed by atoms with van der Waals surface area (Å²) in [5.41, 5.74) is 0.846. The first kappa shape index (κ1) is 11.1. The molecule has 0 atom stereocenters. The van der Waals surface area contributed by atoms with Gasteiger partial charge in [0.1, 0.15) is 0 Å². The summed E-state index contributed by atoms with van der Waals surface area (Å²) >= 11 is 0. The van der Waals surface area contributed by atoms with Gasteiger partial charge >= 0.3 is 0 Å².